The zero-order valence-corrected chi connectivity index (χ0v) is 68.1. The number of phosphoric ester groups is 4. The monoisotopic (exact) mass is 1910 g/mol. The van der Waals surface area contributed by atoms with Gasteiger partial charge in [0, 0.05) is 92.8 Å². The fraction of sp³-hybridized carbons (Fsp3) is 0.353. The van der Waals surface area contributed by atoms with Crippen LogP contribution in [0.2, 0.25) is 20.1 Å². The van der Waals surface area contributed by atoms with Gasteiger partial charge in [0.05, 0.1) is 56.9 Å². The predicted octanol–water partition coefficient (Wildman–Crippen LogP) is 6.73. The van der Waals surface area contributed by atoms with Crippen LogP contribution in [0.5, 0.6) is 23.0 Å². The van der Waals surface area contributed by atoms with Gasteiger partial charge in [-0.3, -0.25) is 113 Å². The lowest BCUT2D eigenvalue weighted by Gasteiger charge is -2.27. The van der Waals surface area contributed by atoms with E-state index in [4.69, 9.17) is 128 Å². The van der Waals surface area contributed by atoms with Gasteiger partial charge < -0.3 is 57.5 Å². The number of aromatic amines is 4. The van der Waals surface area contributed by atoms with Gasteiger partial charge in [0.15, 0.2) is 50.0 Å². The number of aliphatic hydroxyl groups is 4. The summed E-state index contributed by atoms with van der Waals surface area (Å²) in [6.07, 6.45) is -17.4. The minimum Gasteiger partial charge on any atom is -0.404 e. The zero-order valence-electron chi connectivity index (χ0n) is 67.5. The molecule has 8 N–H and O–H groups in total. The number of aldehydes is 4. The van der Waals surface area contributed by atoms with Gasteiger partial charge in [-0.05, 0) is 72.8 Å². The van der Waals surface area contributed by atoms with Gasteiger partial charge >= 0.3 is 54.0 Å². The highest BCUT2D eigenvalue weighted by atomic mass is 35.5. The highest BCUT2D eigenvalue weighted by Crippen LogP contribution is 2.60. The molecule has 0 saturated carbocycles. The molecule has 8 aromatic rings. The van der Waals surface area contributed by atoms with E-state index in [0.717, 1.165) is 12.4 Å². The molecule has 4 unspecified atom stereocenters. The minimum atomic E-state index is -4.78. The Balaban J connectivity index is 0.000000148. The number of fused-ring (bicyclic) bond motifs is 4. The van der Waals surface area contributed by atoms with Crippen LogP contribution < -0.4 is 63.1 Å². The quantitative estimate of drug-likeness (QED) is 0.0223. The molecule has 44 nitrogen and oxygen atoms in total. The molecule has 16 atom stereocenters. The van der Waals surface area contributed by atoms with Crippen LogP contribution in [0.3, 0.4) is 0 Å². The zero-order chi connectivity index (χ0) is 95.0. The molecule has 0 aliphatic carbocycles. The third kappa shape index (κ3) is 21.0. The van der Waals surface area contributed by atoms with Gasteiger partial charge in [0.2, 0.25) is 23.4 Å². The Kier molecular flexibility index (Phi) is 24.8. The number of carbonyl (C=O) groups excluding carboxylic acids is 4. The number of hydrogen-bond acceptors (Lipinski definition) is 36. The van der Waals surface area contributed by atoms with Gasteiger partial charge in [-0.25, -0.2) is 55.0 Å². The van der Waals surface area contributed by atoms with Crippen molar-refractivity contribution in [1.82, 2.24) is 38.2 Å². The Morgan fingerprint density at radius 1 is 0.403 bits per heavy atom. The summed E-state index contributed by atoms with van der Waals surface area (Å²) in [7, 11) is -18.0. The molecule has 0 spiro atoms. The molecule has 0 amide bonds. The van der Waals surface area contributed by atoms with E-state index >= 15 is 17.6 Å². The molecule has 8 aliphatic rings. The van der Waals surface area contributed by atoms with Crippen LogP contribution in [0, 0.1) is 0 Å². The number of ether oxygens (including phenoxy) is 4. The number of rotatable bonds is 20. The first kappa shape index (κ1) is 84.1. The van der Waals surface area contributed by atoms with Crippen molar-refractivity contribution < 1.29 is 157 Å². The predicted molar refractivity (Wildman–Crippen MR) is 407 cm³/mol. The van der Waals surface area contributed by atoms with E-state index in [0.29, 0.717) is 68.4 Å². The van der Waals surface area contributed by atoms with Crippen molar-refractivity contribution in [2.24, 2.45) is 0 Å². The first-order chi connectivity index (χ1) is 60.7. The number of nitrogens with one attached hydrogen (secondary N) is 4. The smallest absolute Gasteiger partial charge is 0.404 e. The van der Waals surface area contributed by atoms with E-state index in [1.807, 2.05) is 4.98 Å². The van der Waals surface area contributed by atoms with E-state index < -0.39 is 223 Å². The lowest BCUT2D eigenvalue weighted by molar-refractivity contribution is -0.179. The maximum atomic E-state index is 15.7. The van der Waals surface area contributed by atoms with Gasteiger partial charge in [-0.2, -0.15) is 0 Å². The van der Waals surface area contributed by atoms with Crippen molar-refractivity contribution >= 4 is 103 Å². The lowest BCUT2D eigenvalue weighted by atomic mass is 10.2. The van der Waals surface area contributed by atoms with E-state index in [-0.39, 0.29) is 79.1 Å². The molecule has 124 heavy (non-hydrogen) atoms. The number of phosphoric acid groups is 4. The second-order valence-corrected chi connectivity index (χ2v) is 34.7. The van der Waals surface area contributed by atoms with Crippen LogP contribution in [0.15, 0.2) is 136 Å². The number of nitrogens with zero attached hydrogens (tertiary/aromatic N) is 4. The molecule has 8 aliphatic heterocycles. The molecule has 4 aromatic carbocycles. The maximum absolute atomic E-state index is 15.7. The number of aromatic nitrogens is 8. The van der Waals surface area contributed by atoms with Crippen molar-refractivity contribution in [2.75, 3.05) is 26.3 Å². The standard InChI is InChI=1S/4C17H15ClFN2O9P/c4*18-11-1-2-13-9(3-11)7-27-31(26,30-13)28-8-17(19)4-12(23)15(29-17)21-5-10(6-22)14(24)20-16(21)25/h4*1-3,5-6,12,15,23H,4,7-8H2,(H,20,24,25)/t4*12-,15-,17+,31?/m1111/s1/i8D2,15D;15D;8D2;. The van der Waals surface area contributed by atoms with Crippen molar-refractivity contribution in [3.05, 3.63) is 246 Å². The lowest BCUT2D eigenvalue weighted by Crippen LogP contribution is -2.37. The fourth-order valence-corrected chi connectivity index (χ4v) is 17.4. The normalized spacial score (nSPS) is 32.0. The summed E-state index contributed by atoms with van der Waals surface area (Å²) in [4.78, 5) is 146. The average molecular weight is 1910 g/mol. The largest absolute Gasteiger partial charge is 0.530 e. The fourth-order valence-electron chi connectivity index (χ4n) is 12.0. The summed E-state index contributed by atoms with van der Waals surface area (Å²) in [5.41, 5.74) is -9.21. The van der Waals surface area contributed by atoms with Gasteiger partial charge in [-0.1, -0.05) is 46.4 Å². The van der Waals surface area contributed by atoms with Crippen LogP contribution in [0.25, 0.3) is 0 Å². The molecule has 0 radical (unpaired) electrons. The number of alkyl halides is 4. The Hall–Kier alpha value is -9.36. The topological polar surface area (TPSA) is 585 Å². The van der Waals surface area contributed by atoms with Crippen LogP contribution in [0.1, 0.15) is 122 Å². The molecule has 0 bridgehead atoms. The molecule has 4 fully saturated rings. The second kappa shape index (κ2) is 36.5. The van der Waals surface area contributed by atoms with Crippen LogP contribution >= 0.6 is 77.7 Å². The van der Waals surface area contributed by atoms with Crippen molar-refractivity contribution in [2.45, 2.75) is 125 Å². The van der Waals surface area contributed by atoms with Gasteiger partial charge in [-0.15, -0.1) is 0 Å². The molecule has 56 heteroatoms. The van der Waals surface area contributed by atoms with Crippen LogP contribution in [-0.4, -0.2) is 158 Å². The Bertz CT molecular complexity index is 6630. The molecular weight excluding hydrogens is 1850 g/mol. The number of benzene rings is 4. The van der Waals surface area contributed by atoms with Crippen molar-refractivity contribution in [3.63, 3.8) is 0 Å². The Labute approximate surface area is 714 Å². The number of hydrogen-bond donors (Lipinski definition) is 8. The van der Waals surface area contributed by atoms with Crippen molar-refractivity contribution in [1.29, 1.82) is 0 Å². The Morgan fingerprint density at radius 3 is 0.976 bits per heavy atom. The third-order valence-electron chi connectivity index (χ3n) is 17.8. The van der Waals surface area contributed by atoms with Crippen molar-refractivity contribution in [3.8, 4) is 23.0 Å². The average Bonchev–Trinajstić information content (AvgIpc) is 1.59. The third-order valence-corrected chi connectivity index (χ3v) is 23.7. The summed E-state index contributed by atoms with van der Waals surface area (Å²) < 4.78 is 243. The first-order valence-electron chi connectivity index (χ1n) is 37.8. The highest BCUT2D eigenvalue weighted by molar-refractivity contribution is 7.49. The summed E-state index contributed by atoms with van der Waals surface area (Å²) in [6, 6.07) is 17.3. The molecule has 16 rings (SSSR count). The molecule has 664 valence electrons. The van der Waals surface area contributed by atoms with E-state index in [1.165, 1.54) is 66.7 Å². The molecule has 12 heterocycles. The first-order valence-corrected chi connectivity index (χ1v) is 42.1. The number of aliphatic hydroxyl groups excluding tert-OH is 4. The van der Waals surface area contributed by atoms with E-state index in [9.17, 15) is 96.2 Å². The summed E-state index contributed by atoms with van der Waals surface area (Å²) in [6.45, 7) is -10.3. The Morgan fingerprint density at radius 2 is 0.653 bits per heavy atom. The van der Waals surface area contributed by atoms with E-state index in [1.54, 1.807) is 21.0 Å². The van der Waals surface area contributed by atoms with Gasteiger partial charge in [0.25, 0.3) is 22.2 Å². The second-order valence-electron chi connectivity index (χ2n) is 26.7. The van der Waals surface area contributed by atoms with E-state index in [2.05, 4.69) is 0 Å². The number of H-pyrrole nitrogens is 4. The summed E-state index contributed by atoms with van der Waals surface area (Å²) >= 11 is 23.4. The molecule has 4 aromatic heterocycles. The highest BCUT2D eigenvalue weighted by Gasteiger charge is 2.55. The summed E-state index contributed by atoms with van der Waals surface area (Å²) in [5, 5.41) is 42.5. The van der Waals surface area contributed by atoms with Crippen LogP contribution in [0.4, 0.5) is 17.6 Å². The summed E-state index contributed by atoms with van der Waals surface area (Å²) in [5.74, 6) is -12.4. The number of halogens is 8. The van der Waals surface area contributed by atoms with Crippen LogP contribution in [-0.2, 0) is 99.8 Å². The molecular formula is C68H60Cl4F4N8O36P4. The number of carbonyl (C=O) groups is 4. The SMILES string of the molecule is O=Cc1cn([C@@H]2O[C@](F)(COP3(=O)OCc4cc(Cl)ccc4O3)C[C@H]2O)c(=O)[nH]c1=O.[2H]C([2H])(OP1(=O)OCc2cc(Cl)ccc2O1)[C@]1(F)C[C@@H](O)[C@H](n2cc(C=O)c(=O)[nH]c2=O)O1.[2H]C([2H])(OP1(=O)OCc2cc(Cl)ccc2O1)[C@]1(F)C[C@@H](O)[C@]([2H])(n2cc(C=O)c(=O)[nH]c2=O)O1.[2H][C@@]1(n2cc(C=O)c(=O)[nH]c2=O)O[C@](F)(COP2(=O)OCc3cc(Cl)ccc3O2)C[C@H]1O. The van der Waals surface area contributed by atoms with Gasteiger partial charge in [0.1, 0.15) is 73.7 Å². The molecule has 4 saturated heterocycles. The maximum Gasteiger partial charge on any atom is 0.530 e. The minimum absolute atomic E-state index is 0.0177.